The molecular formula is C16H18N2O2. The molecule has 20 heavy (non-hydrogen) atoms. The van der Waals surface area contributed by atoms with Gasteiger partial charge < -0.3 is 10.5 Å². The second-order valence-corrected chi connectivity index (χ2v) is 5.25. The van der Waals surface area contributed by atoms with Gasteiger partial charge in [0, 0.05) is 5.39 Å². The maximum absolute atomic E-state index is 11.9. The molecule has 0 aromatic heterocycles. The molecular weight excluding hydrogens is 252 g/mol. The minimum absolute atomic E-state index is 0.0125. The number of rotatable bonds is 3. The van der Waals surface area contributed by atoms with Crippen LogP contribution in [0.4, 0.5) is 10.5 Å². The SMILES string of the molecule is NCC1CC(OC(=O)Nc2cccc3ccccc23)C1. The molecule has 0 spiro atoms. The van der Waals surface area contributed by atoms with Crippen molar-refractivity contribution < 1.29 is 9.53 Å². The van der Waals surface area contributed by atoms with E-state index in [2.05, 4.69) is 5.32 Å². The summed E-state index contributed by atoms with van der Waals surface area (Å²) < 4.78 is 5.37. The highest BCUT2D eigenvalue weighted by Gasteiger charge is 2.31. The first-order chi connectivity index (χ1) is 9.76. The average molecular weight is 270 g/mol. The maximum atomic E-state index is 11.9. The van der Waals surface area contributed by atoms with Crippen LogP contribution in [0.15, 0.2) is 42.5 Å². The molecule has 1 aliphatic carbocycles. The van der Waals surface area contributed by atoms with Crippen LogP contribution in [0, 0.1) is 5.92 Å². The first-order valence-corrected chi connectivity index (χ1v) is 6.91. The van der Waals surface area contributed by atoms with Crippen LogP contribution in [0.1, 0.15) is 12.8 Å². The molecule has 1 saturated carbocycles. The Kier molecular flexibility index (Phi) is 3.56. The summed E-state index contributed by atoms with van der Waals surface area (Å²) in [4.78, 5) is 11.9. The number of carbonyl (C=O) groups is 1. The van der Waals surface area contributed by atoms with Gasteiger partial charge in [-0.2, -0.15) is 0 Å². The predicted octanol–water partition coefficient (Wildman–Crippen LogP) is 3.13. The van der Waals surface area contributed by atoms with Crippen LogP contribution >= 0.6 is 0 Å². The molecule has 3 rings (SSSR count). The van der Waals surface area contributed by atoms with Gasteiger partial charge in [0.25, 0.3) is 0 Å². The molecule has 104 valence electrons. The molecule has 2 aromatic carbocycles. The number of carbonyl (C=O) groups excluding carboxylic acids is 1. The predicted molar refractivity (Wildman–Crippen MR) is 79.6 cm³/mol. The topological polar surface area (TPSA) is 64.3 Å². The Morgan fingerprint density at radius 2 is 1.95 bits per heavy atom. The fourth-order valence-electron chi connectivity index (χ4n) is 2.59. The summed E-state index contributed by atoms with van der Waals surface area (Å²) in [5, 5.41) is 4.93. The molecule has 0 radical (unpaired) electrons. The van der Waals surface area contributed by atoms with Gasteiger partial charge in [0.15, 0.2) is 0 Å². The number of hydrogen-bond acceptors (Lipinski definition) is 3. The fraction of sp³-hybridized carbons (Fsp3) is 0.312. The maximum Gasteiger partial charge on any atom is 0.411 e. The zero-order chi connectivity index (χ0) is 13.9. The van der Waals surface area contributed by atoms with E-state index in [0.29, 0.717) is 12.5 Å². The van der Waals surface area contributed by atoms with E-state index in [1.807, 2.05) is 42.5 Å². The van der Waals surface area contributed by atoms with E-state index in [0.717, 1.165) is 29.3 Å². The van der Waals surface area contributed by atoms with Crippen molar-refractivity contribution in [1.29, 1.82) is 0 Å². The summed E-state index contributed by atoms with van der Waals surface area (Å²) in [5.41, 5.74) is 6.34. The molecule has 0 aliphatic heterocycles. The van der Waals surface area contributed by atoms with Gasteiger partial charge in [0.1, 0.15) is 6.10 Å². The highest BCUT2D eigenvalue weighted by atomic mass is 16.6. The molecule has 4 nitrogen and oxygen atoms in total. The van der Waals surface area contributed by atoms with Gasteiger partial charge in [-0.1, -0.05) is 36.4 Å². The largest absolute Gasteiger partial charge is 0.446 e. The molecule has 0 bridgehead atoms. The Bertz CT molecular complexity index is 615. The molecule has 1 aliphatic rings. The summed E-state index contributed by atoms with van der Waals surface area (Å²) in [7, 11) is 0. The van der Waals surface area contributed by atoms with E-state index in [1.54, 1.807) is 0 Å². The van der Waals surface area contributed by atoms with Gasteiger partial charge in [-0.05, 0) is 36.8 Å². The molecule has 2 aromatic rings. The van der Waals surface area contributed by atoms with Crippen LogP contribution in [0.25, 0.3) is 10.8 Å². The lowest BCUT2D eigenvalue weighted by atomic mass is 9.82. The Hall–Kier alpha value is -2.07. The lowest BCUT2D eigenvalue weighted by Gasteiger charge is -2.33. The summed E-state index contributed by atoms with van der Waals surface area (Å²) >= 11 is 0. The Balaban J connectivity index is 1.66. The zero-order valence-corrected chi connectivity index (χ0v) is 11.2. The summed E-state index contributed by atoms with van der Waals surface area (Å²) in [6.45, 7) is 0.671. The van der Waals surface area contributed by atoms with E-state index < -0.39 is 0 Å². The molecule has 1 fully saturated rings. The van der Waals surface area contributed by atoms with Crippen molar-refractivity contribution in [3.05, 3.63) is 42.5 Å². The van der Waals surface area contributed by atoms with Crippen molar-refractivity contribution in [3.8, 4) is 0 Å². The number of hydrogen-bond donors (Lipinski definition) is 2. The van der Waals surface area contributed by atoms with Gasteiger partial charge in [-0.15, -0.1) is 0 Å². The molecule has 0 saturated heterocycles. The zero-order valence-electron chi connectivity index (χ0n) is 11.2. The van der Waals surface area contributed by atoms with Crippen LogP contribution < -0.4 is 11.1 Å². The Morgan fingerprint density at radius 3 is 2.75 bits per heavy atom. The van der Waals surface area contributed by atoms with Crippen LogP contribution in [0.2, 0.25) is 0 Å². The van der Waals surface area contributed by atoms with E-state index in [4.69, 9.17) is 10.5 Å². The lowest BCUT2D eigenvalue weighted by Crippen LogP contribution is -2.38. The van der Waals surface area contributed by atoms with Crippen molar-refractivity contribution in [2.75, 3.05) is 11.9 Å². The smallest absolute Gasteiger partial charge is 0.411 e. The Morgan fingerprint density at radius 1 is 1.20 bits per heavy atom. The molecule has 3 N–H and O–H groups in total. The molecule has 0 atom stereocenters. The minimum Gasteiger partial charge on any atom is -0.446 e. The number of fused-ring (bicyclic) bond motifs is 1. The molecule has 0 unspecified atom stereocenters. The van der Waals surface area contributed by atoms with Gasteiger partial charge in [-0.25, -0.2) is 4.79 Å². The number of anilines is 1. The third kappa shape index (κ3) is 2.60. The van der Waals surface area contributed by atoms with Crippen molar-refractivity contribution in [2.45, 2.75) is 18.9 Å². The van der Waals surface area contributed by atoms with Crippen LogP contribution in [0.3, 0.4) is 0 Å². The number of ether oxygens (including phenoxy) is 1. The molecule has 0 heterocycles. The van der Waals surface area contributed by atoms with Crippen LogP contribution in [0.5, 0.6) is 0 Å². The lowest BCUT2D eigenvalue weighted by molar-refractivity contribution is 0.0279. The summed E-state index contributed by atoms with van der Waals surface area (Å²) in [5.74, 6) is 0.505. The summed E-state index contributed by atoms with van der Waals surface area (Å²) in [6, 6.07) is 13.8. The fourth-order valence-corrected chi connectivity index (χ4v) is 2.59. The second kappa shape index (κ2) is 5.51. The van der Waals surface area contributed by atoms with E-state index in [-0.39, 0.29) is 12.2 Å². The number of amides is 1. The monoisotopic (exact) mass is 270 g/mol. The van der Waals surface area contributed by atoms with Crippen molar-refractivity contribution in [1.82, 2.24) is 0 Å². The van der Waals surface area contributed by atoms with Crippen LogP contribution in [-0.2, 0) is 4.74 Å². The normalized spacial score (nSPS) is 21.2. The molecule has 1 amide bonds. The van der Waals surface area contributed by atoms with Crippen molar-refractivity contribution in [2.24, 2.45) is 11.7 Å². The number of benzene rings is 2. The highest BCUT2D eigenvalue weighted by molar-refractivity contribution is 6.00. The highest BCUT2D eigenvalue weighted by Crippen LogP contribution is 2.29. The van der Waals surface area contributed by atoms with E-state index >= 15 is 0 Å². The average Bonchev–Trinajstić information content (AvgIpc) is 2.43. The van der Waals surface area contributed by atoms with Gasteiger partial charge in [0.2, 0.25) is 0 Å². The van der Waals surface area contributed by atoms with E-state index in [9.17, 15) is 4.79 Å². The van der Waals surface area contributed by atoms with Crippen molar-refractivity contribution in [3.63, 3.8) is 0 Å². The number of nitrogens with two attached hydrogens (primary N) is 1. The van der Waals surface area contributed by atoms with Gasteiger partial charge in [-0.3, -0.25) is 5.32 Å². The second-order valence-electron chi connectivity index (χ2n) is 5.25. The number of nitrogens with one attached hydrogen (secondary N) is 1. The van der Waals surface area contributed by atoms with E-state index in [1.165, 1.54) is 0 Å². The summed E-state index contributed by atoms with van der Waals surface area (Å²) in [6.07, 6.45) is 1.37. The van der Waals surface area contributed by atoms with Crippen molar-refractivity contribution >= 4 is 22.6 Å². The Labute approximate surface area is 117 Å². The third-order valence-electron chi connectivity index (χ3n) is 3.83. The van der Waals surface area contributed by atoms with Crippen LogP contribution in [-0.4, -0.2) is 18.7 Å². The first-order valence-electron chi connectivity index (χ1n) is 6.91. The van der Waals surface area contributed by atoms with Gasteiger partial charge in [0.05, 0.1) is 5.69 Å². The molecule has 4 heteroatoms. The standard InChI is InChI=1S/C16H18N2O2/c17-10-11-8-13(9-11)20-16(19)18-15-7-3-5-12-4-1-2-6-14(12)15/h1-7,11,13H,8-10,17H2,(H,18,19). The quantitative estimate of drug-likeness (QED) is 0.900. The van der Waals surface area contributed by atoms with Gasteiger partial charge >= 0.3 is 6.09 Å². The first kappa shape index (κ1) is 12.9. The third-order valence-corrected chi connectivity index (χ3v) is 3.83. The minimum atomic E-state index is -0.387.